The summed E-state index contributed by atoms with van der Waals surface area (Å²) in [6.45, 7) is 0.266. The number of aromatic nitrogens is 1. The van der Waals surface area contributed by atoms with Gasteiger partial charge in [0.1, 0.15) is 5.03 Å². The lowest BCUT2D eigenvalue weighted by molar-refractivity contribution is 0.0781. The largest absolute Gasteiger partial charge is 0.337 e. The van der Waals surface area contributed by atoms with E-state index in [0.29, 0.717) is 5.56 Å². The Hall–Kier alpha value is -2.46. The summed E-state index contributed by atoms with van der Waals surface area (Å²) in [4.78, 5) is 17.7. The van der Waals surface area contributed by atoms with Crippen LogP contribution in [-0.4, -0.2) is 28.6 Å². The molecule has 1 aromatic heterocycles. The minimum Gasteiger partial charge on any atom is -0.337 e. The Bertz CT molecular complexity index is 746. The Kier molecular flexibility index (Phi) is 5.66. The first-order valence-corrected chi connectivity index (χ1v) is 7.53. The molecule has 7 heteroatoms. The van der Waals surface area contributed by atoms with Crippen LogP contribution in [0.4, 0.5) is 8.78 Å². The van der Waals surface area contributed by atoms with Gasteiger partial charge in [0.15, 0.2) is 0 Å². The van der Waals surface area contributed by atoms with E-state index in [9.17, 15) is 13.6 Å². The number of carbonyl (C=O) groups excluding carboxylic acids is 1. The van der Waals surface area contributed by atoms with Gasteiger partial charge in [0.05, 0.1) is 17.2 Å². The molecule has 1 aromatic carbocycles. The fourth-order valence-corrected chi connectivity index (χ4v) is 2.60. The number of hydrogen-bond acceptors (Lipinski definition) is 4. The fraction of sp³-hybridized carbons (Fsp3) is 0.188. The van der Waals surface area contributed by atoms with Gasteiger partial charge in [-0.2, -0.15) is 14.0 Å². The van der Waals surface area contributed by atoms with E-state index in [1.165, 1.54) is 23.2 Å². The Morgan fingerprint density at radius 2 is 2.17 bits per heavy atom. The van der Waals surface area contributed by atoms with Gasteiger partial charge in [-0.3, -0.25) is 4.79 Å². The molecule has 0 saturated carbocycles. The van der Waals surface area contributed by atoms with Gasteiger partial charge in [-0.05, 0) is 41.6 Å². The average Bonchev–Trinajstić information content (AvgIpc) is 2.54. The predicted molar refractivity (Wildman–Crippen MR) is 83.1 cm³/mol. The molecule has 4 nitrogen and oxygen atoms in total. The third-order valence-corrected chi connectivity index (χ3v) is 3.75. The molecule has 1 amide bonds. The zero-order chi connectivity index (χ0) is 16.8. The van der Waals surface area contributed by atoms with Crippen LogP contribution in [0.25, 0.3) is 0 Å². The maximum Gasteiger partial charge on any atom is 0.290 e. The van der Waals surface area contributed by atoms with Gasteiger partial charge in [-0.15, -0.1) is 0 Å². The van der Waals surface area contributed by atoms with Gasteiger partial charge in [-0.1, -0.05) is 12.1 Å². The first kappa shape index (κ1) is 16.9. The molecule has 2 rings (SSSR count). The number of halogens is 2. The Labute approximate surface area is 136 Å². The number of nitriles is 1. The van der Waals surface area contributed by atoms with Crippen molar-refractivity contribution in [1.29, 1.82) is 5.26 Å². The number of alkyl halides is 2. The summed E-state index contributed by atoms with van der Waals surface area (Å²) in [5.74, 6) is -3.04. The van der Waals surface area contributed by atoms with Gasteiger partial charge in [0.25, 0.3) is 11.7 Å². The summed E-state index contributed by atoms with van der Waals surface area (Å²) in [6.07, 6.45) is 1.37. The molecule has 23 heavy (non-hydrogen) atoms. The van der Waals surface area contributed by atoms with Crippen LogP contribution in [-0.2, 0) is 6.54 Å². The van der Waals surface area contributed by atoms with Crippen LogP contribution in [0, 0.1) is 11.3 Å². The molecule has 0 aliphatic heterocycles. The number of nitrogens with zero attached hydrogens (tertiary/aromatic N) is 3. The first-order chi connectivity index (χ1) is 11.0. The monoisotopic (exact) mass is 333 g/mol. The number of pyridine rings is 1. The lowest BCUT2D eigenvalue weighted by Gasteiger charge is -2.18. The second-order valence-electron chi connectivity index (χ2n) is 4.71. The molecule has 2 aromatic rings. The van der Waals surface area contributed by atoms with Crippen LogP contribution in [0.5, 0.6) is 0 Å². The van der Waals surface area contributed by atoms with Crippen molar-refractivity contribution < 1.29 is 13.6 Å². The average molecular weight is 333 g/mol. The van der Waals surface area contributed by atoms with Crippen molar-refractivity contribution in [2.24, 2.45) is 0 Å². The van der Waals surface area contributed by atoms with E-state index in [2.05, 4.69) is 4.98 Å². The fourth-order valence-electron chi connectivity index (χ4n) is 2.02. The number of rotatable bonds is 5. The number of thioether (sulfide) groups is 1. The van der Waals surface area contributed by atoms with E-state index in [4.69, 9.17) is 5.26 Å². The Morgan fingerprint density at radius 1 is 1.39 bits per heavy atom. The lowest BCUT2D eigenvalue weighted by Crippen LogP contribution is -2.27. The van der Waals surface area contributed by atoms with Crippen LogP contribution in [0.2, 0.25) is 0 Å². The van der Waals surface area contributed by atoms with E-state index in [-0.39, 0.29) is 28.9 Å². The van der Waals surface area contributed by atoms with E-state index in [1.807, 2.05) is 6.07 Å². The van der Waals surface area contributed by atoms with Crippen LogP contribution < -0.4 is 0 Å². The van der Waals surface area contributed by atoms with Crippen molar-refractivity contribution in [3.05, 3.63) is 59.3 Å². The summed E-state index contributed by atoms with van der Waals surface area (Å²) < 4.78 is 25.1. The minimum atomic E-state index is -2.64. The molecule has 0 radical (unpaired) electrons. The Balaban J connectivity index is 2.18. The third-order valence-electron chi connectivity index (χ3n) is 3.02. The third kappa shape index (κ3) is 4.50. The summed E-state index contributed by atoms with van der Waals surface area (Å²) in [7, 11) is 1.57. The van der Waals surface area contributed by atoms with E-state index >= 15 is 0 Å². The first-order valence-electron chi connectivity index (χ1n) is 6.65. The second-order valence-corrected chi connectivity index (χ2v) is 5.69. The van der Waals surface area contributed by atoms with Crippen molar-refractivity contribution in [3.8, 4) is 6.07 Å². The predicted octanol–water partition coefficient (Wildman–Crippen LogP) is 3.54. The quantitative estimate of drug-likeness (QED) is 0.785. The molecule has 0 fully saturated rings. The highest BCUT2D eigenvalue weighted by molar-refractivity contribution is 7.99. The molecule has 0 spiro atoms. The topological polar surface area (TPSA) is 57.0 Å². The number of hydrogen-bond donors (Lipinski definition) is 0. The minimum absolute atomic E-state index is 0.00475. The Morgan fingerprint density at radius 3 is 2.87 bits per heavy atom. The van der Waals surface area contributed by atoms with Crippen molar-refractivity contribution >= 4 is 17.7 Å². The molecular weight excluding hydrogens is 320 g/mol. The second kappa shape index (κ2) is 7.70. The van der Waals surface area contributed by atoms with Crippen LogP contribution in [0.3, 0.4) is 0 Å². The smallest absolute Gasteiger partial charge is 0.290 e. The molecule has 0 atom stereocenters. The van der Waals surface area contributed by atoms with Gasteiger partial charge >= 0.3 is 0 Å². The van der Waals surface area contributed by atoms with Crippen LogP contribution >= 0.6 is 11.8 Å². The number of amides is 1. The molecule has 118 valence electrons. The molecule has 0 bridgehead atoms. The van der Waals surface area contributed by atoms with Gasteiger partial charge in [-0.25, -0.2) is 4.98 Å². The maximum absolute atomic E-state index is 12.6. The molecule has 0 aliphatic carbocycles. The summed E-state index contributed by atoms with van der Waals surface area (Å²) >= 11 is 0.248. The lowest BCUT2D eigenvalue weighted by atomic mass is 10.1. The van der Waals surface area contributed by atoms with Crippen molar-refractivity contribution in [3.63, 3.8) is 0 Å². The summed E-state index contributed by atoms with van der Waals surface area (Å²) in [6, 6.07) is 11.9. The highest BCUT2D eigenvalue weighted by Crippen LogP contribution is 2.27. The molecule has 1 heterocycles. The number of benzene rings is 1. The molecule has 0 aliphatic rings. The highest BCUT2D eigenvalue weighted by Gasteiger charge is 2.19. The summed E-state index contributed by atoms with van der Waals surface area (Å²) in [5.41, 5.74) is 1.42. The standard InChI is InChI=1S/C16H13F2N3OS/c1-21(10-12-5-2-4-11(8-12)9-19)15(22)13-6-3-7-20-14(13)23-16(17)18/h2-8,16H,10H2,1H3. The maximum atomic E-state index is 12.6. The number of carbonyl (C=O) groups is 1. The van der Waals surface area contributed by atoms with Crippen molar-refractivity contribution in [2.45, 2.75) is 17.3 Å². The molecule has 0 unspecified atom stereocenters. The zero-order valence-electron chi connectivity index (χ0n) is 12.2. The van der Waals surface area contributed by atoms with Crippen molar-refractivity contribution in [1.82, 2.24) is 9.88 Å². The zero-order valence-corrected chi connectivity index (χ0v) is 13.1. The molecule has 0 saturated heterocycles. The van der Waals surface area contributed by atoms with Gasteiger partial charge in [0, 0.05) is 19.8 Å². The van der Waals surface area contributed by atoms with Crippen LogP contribution in [0.1, 0.15) is 21.5 Å². The van der Waals surface area contributed by atoms with Crippen LogP contribution in [0.15, 0.2) is 47.6 Å². The SMILES string of the molecule is CN(Cc1cccc(C#N)c1)C(=O)c1cccnc1SC(F)F. The molecular formula is C16H13F2N3OS. The van der Waals surface area contributed by atoms with Gasteiger partial charge in [0.2, 0.25) is 0 Å². The van der Waals surface area contributed by atoms with Gasteiger partial charge < -0.3 is 4.90 Å². The van der Waals surface area contributed by atoms with E-state index < -0.39 is 11.7 Å². The normalized spacial score (nSPS) is 10.4. The van der Waals surface area contributed by atoms with Crippen molar-refractivity contribution in [2.75, 3.05) is 7.05 Å². The van der Waals surface area contributed by atoms with E-state index in [1.54, 1.807) is 31.3 Å². The summed E-state index contributed by atoms with van der Waals surface area (Å²) in [5, 5.41) is 8.90. The van der Waals surface area contributed by atoms with E-state index in [0.717, 1.165) is 5.56 Å². The highest BCUT2D eigenvalue weighted by atomic mass is 32.2. The molecule has 0 N–H and O–H groups in total.